The number of para-hydroxylation sites is 1. The van der Waals surface area contributed by atoms with Crippen LogP contribution in [0, 0.1) is 0 Å². The maximum atomic E-state index is 12.7. The van der Waals surface area contributed by atoms with Gasteiger partial charge in [0.25, 0.3) is 11.8 Å². The Morgan fingerprint density at radius 2 is 1.33 bits per heavy atom. The van der Waals surface area contributed by atoms with Crippen molar-refractivity contribution in [2.75, 3.05) is 0 Å². The largest absolute Gasteiger partial charge is 0.356 e. The van der Waals surface area contributed by atoms with Gasteiger partial charge in [-0.3, -0.25) is 14.5 Å². The second kappa shape index (κ2) is 5.92. The summed E-state index contributed by atoms with van der Waals surface area (Å²) in [5.41, 5.74) is 3.99. The van der Waals surface area contributed by atoms with Crippen LogP contribution in [0.3, 0.4) is 0 Å². The molecule has 0 saturated carbocycles. The lowest BCUT2D eigenvalue weighted by molar-refractivity contribution is 0.0642. The Hall–Kier alpha value is -3.73. The number of hydrogen-bond donors (Lipinski definition) is 0. The molecule has 0 unspecified atom stereocenters. The molecule has 0 bridgehead atoms. The van der Waals surface area contributed by atoms with Crippen molar-refractivity contribution in [1.29, 1.82) is 0 Å². The number of hydrogen-bond acceptors (Lipinski definition) is 4. The van der Waals surface area contributed by atoms with Gasteiger partial charge in [-0.15, -0.1) is 0 Å². The highest BCUT2D eigenvalue weighted by atomic mass is 16.5. The predicted octanol–water partition coefficient (Wildman–Crippen LogP) is 4.29. The van der Waals surface area contributed by atoms with Gasteiger partial charge in [0, 0.05) is 10.9 Å². The fraction of sp³-hybridized carbons (Fsp3) is 0.0455. The van der Waals surface area contributed by atoms with Crippen LogP contribution in [0.5, 0.6) is 0 Å². The second-order valence-electron chi connectivity index (χ2n) is 6.43. The van der Waals surface area contributed by atoms with Crippen LogP contribution in [0.1, 0.15) is 26.3 Å². The van der Waals surface area contributed by atoms with Gasteiger partial charge in [0.2, 0.25) is 0 Å². The molecule has 5 nitrogen and oxygen atoms in total. The van der Waals surface area contributed by atoms with E-state index in [1.807, 2.05) is 48.5 Å². The van der Waals surface area contributed by atoms with E-state index in [-0.39, 0.29) is 18.4 Å². The van der Waals surface area contributed by atoms with Crippen molar-refractivity contribution in [2.45, 2.75) is 6.54 Å². The van der Waals surface area contributed by atoms with Gasteiger partial charge in [0.1, 0.15) is 5.69 Å². The lowest BCUT2D eigenvalue weighted by atomic mass is 10.0. The number of rotatable bonds is 3. The number of carbonyl (C=O) groups is 2. The molecule has 2 amide bonds. The van der Waals surface area contributed by atoms with Crippen LogP contribution in [0.2, 0.25) is 0 Å². The monoisotopic (exact) mass is 354 g/mol. The molecule has 5 heteroatoms. The average Bonchev–Trinajstić information content (AvgIpc) is 3.24. The molecule has 3 aromatic carbocycles. The summed E-state index contributed by atoms with van der Waals surface area (Å²) in [5.74, 6) is -0.536. The summed E-state index contributed by atoms with van der Waals surface area (Å²) in [5, 5.41) is 5.11. The van der Waals surface area contributed by atoms with Gasteiger partial charge in [0.15, 0.2) is 5.58 Å². The molecule has 1 aromatic heterocycles. The summed E-state index contributed by atoms with van der Waals surface area (Å²) >= 11 is 0. The molecule has 0 fully saturated rings. The normalized spacial score (nSPS) is 13.4. The van der Waals surface area contributed by atoms with E-state index in [2.05, 4.69) is 5.16 Å². The van der Waals surface area contributed by atoms with E-state index in [0.29, 0.717) is 22.4 Å². The minimum atomic E-state index is -0.268. The maximum absolute atomic E-state index is 12.7. The fourth-order valence-electron chi connectivity index (χ4n) is 3.52. The molecule has 0 aliphatic carbocycles. The zero-order chi connectivity index (χ0) is 18.4. The van der Waals surface area contributed by atoms with Crippen molar-refractivity contribution in [3.63, 3.8) is 0 Å². The number of imide groups is 1. The fourth-order valence-corrected chi connectivity index (χ4v) is 3.52. The smallest absolute Gasteiger partial charge is 0.261 e. The molecule has 1 aliphatic heterocycles. The number of nitrogens with zero attached hydrogens (tertiary/aromatic N) is 2. The Kier molecular flexibility index (Phi) is 3.40. The highest BCUT2D eigenvalue weighted by molar-refractivity contribution is 6.21. The van der Waals surface area contributed by atoms with Gasteiger partial charge >= 0.3 is 0 Å². The van der Waals surface area contributed by atoms with Crippen LogP contribution in [0.4, 0.5) is 0 Å². The first kappa shape index (κ1) is 15.5. The number of aromatic nitrogens is 1. The predicted molar refractivity (Wildman–Crippen MR) is 100 cm³/mol. The van der Waals surface area contributed by atoms with Crippen molar-refractivity contribution < 1.29 is 14.1 Å². The van der Waals surface area contributed by atoms with Crippen LogP contribution in [-0.4, -0.2) is 21.9 Å². The summed E-state index contributed by atoms with van der Waals surface area (Å²) in [6, 6.07) is 22.2. The summed E-state index contributed by atoms with van der Waals surface area (Å²) in [6.45, 7) is 0.184. The number of fused-ring (bicyclic) bond motifs is 2. The minimum Gasteiger partial charge on any atom is -0.356 e. The molecule has 0 saturated heterocycles. The van der Waals surface area contributed by atoms with Crippen LogP contribution < -0.4 is 0 Å². The zero-order valence-electron chi connectivity index (χ0n) is 14.3. The van der Waals surface area contributed by atoms with Gasteiger partial charge in [-0.1, -0.05) is 53.7 Å². The Labute approximate surface area is 154 Å². The Morgan fingerprint density at radius 1 is 0.741 bits per heavy atom. The minimum absolute atomic E-state index is 0.184. The van der Waals surface area contributed by atoms with Crippen molar-refractivity contribution in [1.82, 2.24) is 10.1 Å². The SMILES string of the molecule is O=C1c2ccccc2C(=O)N1Cc1ccccc1-c1noc2ccccc12. The van der Waals surface area contributed by atoms with Crippen LogP contribution in [-0.2, 0) is 6.54 Å². The Morgan fingerprint density at radius 3 is 2.07 bits per heavy atom. The molecule has 4 aromatic rings. The van der Waals surface area contributed by atoms with Crippen molar-refractivity contribution in [3.05, 3.63) is 89.5 Å². The van der Waals surface area contributed by atoms with Gasteiger partial charge in [-0.05, 0) is 29.8 Å². The molecule has 130 valence electrons. The molecular weight excluding hydrogens is 340 g/mol. The highest BCUT2D eigenvalue weighted by Crippen LogP contribution is 2.32. The van der Waals surface area contributed by atoms with Gasteiger partial charge < -0.3 is 4.52 Å². The van der Waals surface area contributed by atoms with E-state index in [1.54, 1.807) is 24.3 Å². The first-order valence-electron chi connectivity index (χ1n) is 8.62. The average molecular weight is 354 g/mol. The summed E-state index contributed by atoms with van der Waals surface area (Å²) in [6.07, 6.45) is 0. The molecule has 27 heavy (non-hydrogen) atoms. The zero-order valence-corrected chi connectivity index (χ0v) is 14.3. The molecule has 0 N–H and O–H groups in total. The van der Waals surface area contributed by atoms with Gasteiger partial charge in [-0.25, -0.2) is 0 Å². The standard InChI is InChI=1S/C22H14N2O3/c25-21-16-9-3-4-10-17(16)22(26)24(21)13-14-7-1-2-8-15(14)20-18-11-5-6-12-19(18)27-23-20/h1-12H,13H2. The molecule has 0 atom stereocenters. The summed E-state index contributed by atoms with van der Waals surface area (Å²) in [7, 11) is 0. The van der Waals surface area contributed by atoms with Gasteiger partial charge in [-0.2, -0.15) is 0 Å². The summed E-state index contributed by atoms with van der Waals surface area (Å²) < 4.78 is 5.42. The molecular formula is C22H14N2O3. The molecule has 0 spiro atoms. The second-order valence-corrected chi connectivity index (χ2v) is 6.43. The third kappa shape index (κ3) is 2.36. The van der Waals surface area contributed by atoms with E-state index in [1.165, 1.54) is 4.90 Å². The van der Waals surface area contributed by atoms with E-state index < -0.39 is 0 Å². The van der Waals surface area contributed by atoms with E-state index in [4.69, 9.17) is 4.52 Å². The number of benzene rings is 3. The molecule has 0 radical (unpaired) electrons. The highest BCUT2D eigenvalue weighted by Gasteiger charge is 2.35. The van der Waals surface area contributed by atoms with Gasteiger partial charge in [0.05, 0.1) is 17.7 Å². The maximum Gasteiger partial charge on any atom is 0.261 e. The van der Waals surface area contributed by atoms with Crippen molar-refractivity contribution in [2.24, 2.45) is 0 Å². The number of amides is 2. The van der Waals surface area contributed by atoms with Crippen molar-refractivity contribution in [3.8, 4) is 11.3 Å². The lowest BCUT2D eigenvalue weighted by Crippen LogP contribution is -2.29. The van der Waals surface area contributed by atoms with Crippen LogP contribution >= 0.6 is 0 Å². The molecule has 1 aliphatic rings. The Bertz CT molecular complexity index is 1170. The topological polar surface area (TPSA) is 63.4 Å². The van der Waals surface area contributed by atoms with E-state index >= 15 is 0 Å². The first-order chi connectivity index (χ1) is 13.2. The number of carbonyl (C=O) groups excluding carboxylic acids is 2. The summed E-state index contributed by atoms with van der Waals surface area (Å²) in [4.78, 5) is 26.7. The molecule has 2 heterocycles. The quantitative estimate of drug-likeness (QED) is 0.515. The van der Waals surface area contributed by atoms with Crippen LogP contribution in [0.15, 0.2) is 77.3 Å². The lowest BCUT2D eigenvalue weighted by Gasteiger charge is -2.16. The molecule has 5 rings (SSSR count). The van der Waals surface area contributed by atoms with E-state index in [9.17, 15) is 9.59 Å². The van der Waals surface area contributed by atoms with Crippen LogP contribution in [0.25, 0.3) is 22.2 Å². The van der Waals surface area contributed by atoms with E-state index in [0.717, 1.165) is 16.5 Å². The third-order valence-electron chi connectivity index (χ3n) is 4.86. The third-order valence-corrected chi connectivity index (χ3v) is 4.86. The Balaban J connectivity index is 1.57. The van der Waals surface area contributed by atoms with Crippen molar-refractivity contribution >= 4 is 22.8 Å². The first-order valence-corrected chi connectivity index (χ1v) is 8.62.